The van der Waals surface area contributed by atoms with Gasteiger partial charge >= 0.3 is 0 Å². The van der Waals surface area contributed by atoms with Crippen LogP contribution in [0, 0.1) is 17.1 Å². The molecule has 0 aliphatic carbocycles. The third-order valence-electron chi connectivity index (χ3n) is 3.41. The van der Waals surface area contributed by atoms with Gasteiger partial charge in [0.1, 0.15) is 11.9 Å². The molecule has 102 valence electrons. The van der Waals surface area contributed by atoms with Gasteiger partial charge in [0.25, 0.3) is 0 Å². The van der Waals surface area contributed by atoms with Gasteiger partial charge in [-0.05, 0) is 24.3 Å². The van der Waals surface area contributed by atoms with Crippen molar-refractivity contribution in [1.29, 1.82) is 5.26 Å². The molecule has 3 rings (SSSR count). The van der Waals surface area contributed by atoms with Gasteiger partial charge in [0.15, 0.2) is 6.39 Å². The summed E-state index contributed by atoms with van der Waals surface area (Å²) in [6, 6.07) is 8.50. The SMILES string of the molecule is N#Cc1ncoc1N1CCN(c2ccc(F)cc2)CC1. The molecule has 1 aromatic carbocycles. The minimum atomic E-state index is -0.229. The van der Waals surface area contributed by atoms with Crippen LogP contribution in [0.2, 0.25) is 0 Å². The van der Waals surface area contributed by atoms with E-state index in [2.05, 4.69) is 9.88 Å². The van der Waals surface area contributed by atoms with Crippen LogP contribution in [-0.2, 0) is 0 Å². The fourth-order valence-corrected chi connectivity index (χ4v) is 2.36. The molecule has 0 radical (unpaired) electrons. The maximum atomic E-state index is 12.9. The Labute approximate surface area is 115 Å². The molecule has 0 spiro atoms. The van der Waals surface area contributed by atoms with Gasteiger partial charge in [-0.2, -0.15) is 5.26 Å². The van der Waals surface area contributed by atoms with E-state index in [-0.39, 0.29) is 5.82 Å². The highest BCUT2D eigenvalue weighted by molar-refractivity contribution is 5.51. The smallest absolute Gasteiger partial charge is 0.234 e. The van der Waals surface area contributed by atoms with Crippen molar-refractivity contribution in [3.63, 3.8) is 0 Å². The van der Waals surface area contributed by atoms with E-state index in [9.17, 15) is 4.39 Å². The second-order valence-electron chi connectivity index (χ2n) is 4.57. The Kier molecular flexibility index (Phi) is 3.25. The van der Waals surface area contributed by atoms with E-state index in [1.54, 1.807) is 12.1 Å². The van der Waals surface area contributed by atoms with Crippen LogP contribution in [-0.4, -0.2) is 31.2 Å². The van der Waals surface area contributed by atoms with Crippen LogP contribution in [0.15, 0.2) is 35.1 Å². The molecule has 2 heterocycles. The van der Waals surface area contributed by atoms with Gasteiger partial charge in [-0.15, -0.1) is 0 Å². The van der Waals surface area contributed by atoms with Crippen molar-refractivity contribution in [2.24, 2.45) is 0 Å². The van der Waals surface area contributed by atoms with E-state index >= 15 is 0 Å². The Balaban J connectivity index is 1.68. The van der Waals surface area contributed by atoms with E-state index in [1.165, 1.54) is 18.5 Å². The summed E-state index contributed by atoms with van der Waals surface area (Å²) in [7, 11) is 0. The highest BCUT2D eigenvalue weighted by atomic mass is 19.1. The molecule has 1 aromatic heterocycles. The number of rotatable bonds is 2. The quantitative estimate of drug-likeness (QED) is 0.837. The lowest BCUT2D eigenvalue weighted by molar-refractivity contribution is 0.520. The summed E-state index contributed by atoms with van der Waals surface area (Å²) in [5.41, 5.74) is 1.32. The van der Waals surface area contributed by atoms with Crippen molar-refractivity contribution in [3.05, 3.63) is 42.2 Å². The van der Waals surface area contributed by atoms with Crippen molar-refractivity contribution < 1.29 is 8.81 Å². The number of oxazole rings is 1. The average molecular weight is 272 g/mol. The summed E-state index contributed by atoms with van der Waals surface area (Å²) in [6.45, 7) is 3.05. The minimum Gasteiger partial charge on any atom is -0.426 e. The summed E-state index contributed by atoms with van der Waals surface area (Å²) in [4.78, 5) is 8.06. The molecule has 6 heteroatoms. The molecule has 0 bridgehead atoms. The van der Waals surface area contributed by atoms with Crippen molar-refractivity contribution >= 4 is 11.6 Å². The van der Waals surface area contributed by atoms with Crippen LogP contribution in [0.5, 0.6) is 0 Å². The number of piperazine rings is 1. The first-order chi connectivity index (χ1) is 9.78. The summed E-state index contributed by atoms with van der Waals surface area (Å²) < 4.78 is 18.2. The lowest BCUT2D eigenvalue weighted by Crippen LogP contribution is -2.46. The number of anilines is 2. The highest BCUT2D eigenvalue weighted by Crippen LogP contribution is 2.22. The van der Waals surface area contributed by atoms with Gasteiger partial charge < -0.3 is 14.2 Å². The molecule has 1 saturated heterocycles. The molecule has 1 fully saturated rings. The number of halogens is 1. The zero-order valence-electron chi connectivity index (χ0n) is 10.8. The van der Waals surface area contributed by atoms with Crippen LogP contribution in [0.25, 0.3) is 0 Å². The van der Waals surface area contributed by atoms with Gasteiger partial charge in [-0.3, -0.25) is 0 Å². The number of benzene rings is 1. The zero-order chi connectivity index (χ0) is 13.9. The molecule has 20 heavy (non-hydrogen) atoms. The molecule has 1 aliphatic heterocycles. The first kappa shape index (κ1) is 12.5. The van der Waals surface area contributed by atoms with Crippen LogP contribution in [0.4, 0.5) is 16.0 Å². The summed E-state index contributed by atoms with van der Waals surface area (Å²) >= 11 is 0. The van der Waals surface area contributed by atoms with E-state index < -0.39 is 0 Å². The molecule has 0 N–H and O–H groups in total. The second-order valence-corrected chi connectivity index (χ2v) is 4.57. The Morgan fingerprint density at radius 1 is 1.10 bits per heavy atom. The monoisotopic (exact) mass is 272 g/mol. The van der Waals surface area contributed by atoms with Gasteiger partial charge in [0.2, 0.25) is 11.6 Å². The van der Waals surface area contributed by atoms with E-state index in [0.29, 0.717) is 11.6 Å². The topological polar surface area (TPSA) is 56.3 Å². The van der Waals surface area contributed by atoms with Crippen LogP contribution in [0.1, 0.15) is 5.69 Å². The predicted octanol–water partition coefficient (Wildman–Crippen LogP) is 2.01. The standard InChI is InChI=1S/C14H13FN4O/c15-11-1-3-12(4-2-11)18-5-7-19(8-6-18)14-13(9-16)17-10-20-14/h1-4,10H,5-8H2. The van der Waals surface area contributed by atoms with Gasteiger partial charge in [-0.1, -0.05) is 0 Å². The molecule has 2 aromatic rings. The molecule has 0 saturated carbocycles. The molecule has 0 amide bonds. The largest absolute Gasteiger partial charge is 0.426 e. The number of nitriles is 1. The summed E-state index contributed by atoms with van der Waals surface area (Å²) in [5.74, 6) is 0.305. The predicted molar refractivity (Wildman–Crippen MR) is 72.0 cm³/mol. The van der Waals surface area contributed by atoms with Crippen LogP contribution in [0.3, 0.4) is 0 Å². The fourth-order valence-electron chi connectivity index (χ4n) is 2.36. The number of nitrogens with zero attached hydrogens (tertiary/aromatic N) is 4. The van der Waals surface area contributed by atoms with Crippen molar-refractivity contribution in [2.75, 3.05) is 36.0 Å². The molecule has 1 aliphatic rings. The lowest BCUT2D eigenvalue weighted by Gasteiger charge is -2.35. The number of hydrogen-bond donors (Lipinski definition) is 0. The Bertz CT molecular complexity index is 623. The van der Waals surface area contributed by atoms with Crippen molar-refractivity contribution in [1.82, 2.24) is 4.98 Å². The number of aromatic nitrogens is 1. The van der Waals surface area contributed by atoms with Crippen molar-refractivity contribution in [3.8, 4) is 6.07 Å². The second kappa shape index (κ2) is 5.21. The summed E-state index contributed by atoms with van der Waals surface area (Å²) in [6.07, 6.45) is 1.29. The first-order valence-corrected chi connectivity index (χ1v) is 6.37. The molecule has 5 nitrogen and oxygen atoms in total. The van der Waals surface area contributed by atoms with Crippen LogP contribution >= 0.6 is 0 Å². The minimum absolute atomic E-state index is 0.229. The normalized spacial score (nSPS) is 15.2. The van der Waals surface area contributed by atoms with Crippen LogP contribution < -0.4 is 9.80 Å². The van der Waals surface area contributed by atoms with Gasteiger partial charge in [0.05, 0.1) is 0 Å². The maximum Gasteiger partial charge on any atom is 0.234 e. The lowest BCUT2D eigenvalue weighted by atomic mass is 10.2. The van der Waals surface area contributed by atoms with Crippen molar-refractivity contribution in [2.45, 2.75) is 0 Å². The summed E-state index contributed by atoms with van der Waals surface area (Å²) in [5, 5.41) is 8.95. The molecular formula is C14H13FN4O. The van der Waals surface area contributed by atoms with Gasteiger partial charge in [0, 0.05) is 31.9 Å². The molecule has 0 atom stereocenters. The average Bonchev–Trinajstić information content (AvgIpc) is 2.97. The zero-order valence-corrected chi connectivity index (χ0v) is 10.8. The fraction of sp³-hybridized carbons (Fsp3) is 0.286. The first-order valence-electron chi connectivity index (χ1n) is 6.37. The molecular weight excluding hydrogens is 259 g/mol. The Hall–Kier alpha value is -2.55. The van der Waals surface area contributed by atoms with E-state index in [4.69, 9.17) is 9.68 Å². The van der Waals surface area contributed by atoms with E-state index in [1.807, 2.05) is 11.0 Å². The number of hydrogen-bond acceptors (Lipinski definition) is 5. The Morgan fingerprint density at radius 3 is 2.40 bits per heavy atom. The van der Waals surface area contributed by atoms with Gasteiger partial charge in [-0.25, -0.2) is 9.37 Å². The maximum absolute atomic E-state index is 12.9. The molecule has 0 unspecified atom stereocenters. The van der Waals surface area contributed by atoms with E-state index in [0.717, 1.165) is 31.9 Å². The highest BCUT2D eigenvalue weighted by Gasteiger charge is 2.22. The third-order valence-corrected chi connectivity index (χ3v) is 3.41. The third kappa shape index (κ3) is 2.30. The Morgan fingerprint density at radius 2 is 1.75 bits per heavy atom.